The maximum Gasteiger partial charge on any atom is 0.166 e. The fourth-order valence-corrected chi connectivity index (χ4v) is 1.88. The van der Waals surface area contributed by atoms with Gasteiger partial charge in [0, 0.05) is 11.1 Å². The highest BCUT2D eigenvalue weighted by atomic mass is 16.2. The molecule has 2 nitrogen and oxygen atoms in total. The number of Topliss-reactive ketones (excluding diaryl/α,β-unsaturated/α-hetero) is 2. The molecular formula is C9H10O2. The minimum absolute atomic E-state index is 0.0877. The van der Waals surface area contributed by atoms with E-state index in [1.165, 1.54) is 0 Å². The molecule has 58 valence electrons. The van der Waals surface area contributed by atoms with Gasteiger partial charge in [-0.05, 0) is 25.7 Å². The Bertz CT molecular complexity index is 235. The van der Waals surface area contributed by atoms with Gasteiger partial charge in [0.1, 0.15) is 0 Å². The zero-order chi connectivity index (χ0) is 7.84. The van der Waals surface area contributed by atoms with Crippen LogP contribution in [-0.2, 0) is 9.59 Å². The molecule has 0 spiro atoms. The van der Waals surface area contributed by atoms with Crippen molar-refractivity contribution in [3.05, 3.63) is 11.1 Å². The van der Waals surface area contributed by atoms with Gasteiger partial charge in [-0.2, -0.15) is 0 Å². The Hall–Kier alpha value is -0.920. The minimum atomic E-state index is 0.0877. The predicted octanol–water partition coefficient (Wildman–Crippen LogP) is 1.40. The average Bonchev–Trinajstić information content (AvgIpc) is 2.30. The molecule has 0 aromatic rings. The van der Waals surface area contributed by atoms with Crippen LogP contribution >= 0.6 is 0 Å². The second-order valence-corrected chi connectivity index (χ2v) is 3.19. The third-order valence-electron chi connectivity index (χ3n) is 2.46. The summed E-state index contributed by atoms with van der Waals surface area (Å²) in [6.45, 7) is 0. The maximum absolute atomic E-state index is 11.1. The van der Waals surface area contributed by atoms with Crippen LogP contribution in [0.15, 0.2) is 11.1 Å². The van der Waals surface area contributed by atoms with E-state index >= 15 is 0 Å². The van der Waals surface area contributed by atoms with Crippen LogP contribution in [0.5, 0.6) is 0 Å². The van der Waals surface area contributed by atoms with Crippen molar-refractivity contribution in [2.75, 3.05) is 0 Å². The summed E-state index contributed by atoms with van der Waals surface area (Å²) < 4.78 is 0. The molecule has 0 amide bonds. The Kier molecular flexibility index (Phi) is 1.41. The third kappa shape index (κ3) is 0.934. The van der Waals surface area contributed by atoms with Gasteiger partial charge in [0.15, 0.2) is 11.6 Å². The topological polar surface area (TPSA) is 34.1 Å². The smallest absolute Gasteiger partial charge is 0.166 e. The van der Waals surface area contributed by atoms with Gasteiger partial charge >= 0.3 is 0 Å². The van der Waals surface area contributed by atoms with Crippen LogP contribution in [0.25, 0.3) is 0 Å². The summed E-state index contributed by atoms with van der Waals surface area (Å²) >= 11 is 0. The summed E-state index contributed by atoms with van der Waals surface area (Å²) in [5.74, 6) is 0.175. The number of ketones is 2. The molecule has 0 aromatic carbocycles. The van der Waals surface area contributed by atoms with Crippen LogP contribution in [0.2, 0.25) is 0 Å². The zero-order valence-corrected chi connectivity index (χ0v) is 6.35. The van der Waals surface area contributed by atoms with E-state index in [1.807, 2.05) is 0 Å². The highest BCUT2D eigenvalue weighted by molar-refractivity contribution is 6.22. The molecule has 0 bridgehead atoms. The SMILES string of the molecule is O=C1CC(=O)C2=C1CCCC2. The maximum atomic E-state index is 11.1. The average molecular weight is 150 g/mol. The van der Waals surface area contributed by atoms with E-state index in [0.717, 1.165) is 36.8 Å². The quantitative estimate of drug-likeness (QED) is 0.489. The fraction of sp³-hybridized carbons (Fsp3) is 0.556. The summed E-state index contributed by atoms with van der Waals surface area (Å²) in [7, 11) is 0. The molecule has 0 fully saturated rings. The minimum Gasteiger partial charge on any atom is -0.294 e. The Labute approximate surface area is 65.3 Å². The first-order valence-electron chi connectivity index (χ1n) is 4.07. The molecular weight excluding hydrogens is 140 g/mol. The van der Waals surface area contributed by atoms with Crippen LogP contribution in [0, 0.1) is 0 Å². The highest BCUT2D eigenvalue weighted by Gasteiger charge is 2.31. The Morgan fingerprint density at radius 2 is 1.27 bits per heavy atom. The van der Waals surface area contributed by atoms with E-state index in [4.69, 9.17) is 0 Å². The highest BCUT2D eigenvalue weighted by Crippen LogP contribution is 2.32. The van der Waals surface area contributed by atoms with Gasteiger partial charge in [0.2, 0.25) is 0 Å². The Morgan fingerprint density at radius 1 is 0.818 bits per heavy atom. The second-order valence-electron chi connectivity index (χ2n) is 3.19. The van der Waals surface area contributed by atoms with Gasteiger partial charge in [0.05, 0.1) is 6.42 Å². The number of hydrogen-bond donors (Lipinski definition) is 0. The monoisotopic (exact) mass is 150 g/mol. The molecule has 0 radical (unpaired) electrons. The molecule has 0 saturated heterocycles. The number of rotatable bonds is 0. The van der Waals surface area contributed by atoms with Crippen molar-refractivity contribution in [1.82, 2.24) is 0 Å². The molecule has 0 aromatic heterocycles. The molecule has 0 aliphatic heterocycles. The van der Waals surface area contributed by atoms with Gasteiger partial charge < -0.3 is 0 Å². The number of carbonyl (C=O) groups is 2. The lowest BCUT2D eigenvalue weighted by Crippen LogP contribution is -2.01. The molecule has 2 heteroatoms. The lowest BCUT2D eigenvalue weighted by molar-refractivity contribution is -0.121. The lowest BCUT2D eigenvalue weighted by Gasteiger charge is -2.10. The molecule has 0 atom stereocenters. The van der Waals surface area contributed by atoms with Crippen molar-refractivity contribution < 1.29 is 9.59 Å². The normalized spacial score (nSPS) is 24.4. The van der Waals surface area contributed by atoms with Crippen LogP contribution in [0.3, 0.4) is 0 Å². The first-order chi connectivity index (χ1) is 5.29. The van der Waals surface area contributed by atoms with E-state index in [1.54, 1.807) is 0 Å². The Balaban J connectivity index is 2.40. The summed E-state index contributed by atoms with van der Waals surface area (Å²) in [5, 5.41) is 0. The first kappa shape index (κ1) is 6.77. The van der Waals surface area contributed by atoms with Gasteiger partial charge in [-0.1, -0.05) is 0 Å². The molecule has 0 heterocycles. The number of carbonyl (C=O) groups excluding carboxylic acids is 2. The number of allylic oxidation sites excluding steroid dienone is 2. The van der Waals surface area contributed by atoms with Crippen molar-refractivity contribution in [3.8, 4) is 0 Å². The second kappa shape index (κ2) is 2.29. The van der Waals surface area contributed by atoms with Crippen molar-refractivity contribution in [2.24, 2.45) is 0 Å². The molecule has 2 rings (SSSR count). The van der Waals surface area contributed by atoms with Crippen LogP contribution in [0.1, 0.15) is 32.1 Å². The van der Waals surface area contributed by atoms with Crippen LogP contribution in [-0.4, -0.2) is 11.6 Å². The number of hydrogen-bond acceptors (Lipinski definition) is 2. The summed E-state index contributed by atoms with van der Waals surface area (Å²) in [6.07, 6.45) is 4.01. The van der Waals surface area contributed by atoms with Gasteiger partial charge in [0.25, 0.3) is 0 Å². The molecule has 11 heavy (non-hydrogen) atoms. The molecule has 2 aliphatic rings. The molecule has 2 aliphatic carbocycles. The van der Waals surface area contributed by atoms with Crippen LogP contribution < -0.4 is 0 Å². The predicted molar refractivity (Wildman–Crippen MR) is 40.1 cm³/mol. The van der Waals surface area contributed by atoms with Crippen LogP contribution in [0.4, 0.5) is 0 Å². The van der Waals surface area contributed by atoms with E-state index in [9.17, 15) is 9.59 Å². The first-order valence-corrected chi connectivity index (χ1v) is 4.07. The van der Waals surface area contributed by atoms with Crippen molar-refractivity contribution in [2.45, 2.75) is 32.1 Å². The zero-order valence-electron chi connectivity index (χ0n) is 6.35. The van der Waals surface area contributed by atoms with Crippen molar-refractivity contribution >= 4 is 11.6 Å². The Morgan fingerprint density at radius 3 is 1.73 bits per heavy atom. The summed E-state index contributed by atoms with van der Waals surface area (Å²) in [6, 6.07) is 0. The third-order valence-corrected chi connectivity index (χ3v) is 2.46. The summed E-state index contributed by atoms with van der Waals surface area (Å²) in [5.41, 5.74) is 1.70. The molecule has 0 saturated carbocycles. The van der Waals surface area contributed by atoms with Crippen molar-refractivity contribution in [1.29, 1.82) is 0 Å². The van der Waals surface area contributed by atoms with E-state index in [2.05, 4.69) is 0 Å². The van der Waals surface area contributed by atoms with Gasteiger partial charge in [-0.3, -0.25) is 9.59 Å². The van der Waals surface area contributed by atoms with E-state index in [-0.39, 0.29) is 18.0 Å². The fourth-order valence-electron chi connectivity index (χ4n) is 1.88. The van der Waals surface area contributed by atoms with Gasteiger partial charge in [-0.25, -0.2) is 0 Å². The van der Waals surface area contributed by atoms with Gasteiger partial charge in [-0.15, -0.1) is 0 Å². The van der Waals surface area contributed by atoms with Crippen molar-refractivity contribution in [3.63, 3.8) is 0 Å². The van der Waals surface area contributed by atoms with E-state index in [0.29, 0.717) is 0 Å². The molecule has 0 N–H and O–H groups in total. The molecule has 0 unspecified atom stereocenters. The van der Waals surface area contributed by atoms with E-state index < -0.39 is 0 Å². The lowest BCUT2D eigenvalue weighted by atomic mass is 9.93. The summed E-state index contributed by atoms with van der Waals surface area (Å²) in [4.78, 5) is 22.3. The standard InChI is InChI=1S/C9H10O2/c10-8-5-9(11)7-4-2-1-3-6(7)8/h1-5H2. The largest absolute Gasteiger partial charge is 0.294 e.